The zero-order chi connectivity index (χ0) is 30.7. The molecule has 0 saturated heterocycles. The Morgan fingerprint density at radius 3 is 2.14 bits per heavy atom. The summed E-state index contributed by atoms with van der Waals surface area (Å²) in [6.45, 7) is 4.61. The van der Waals surface area contributed by atoms with E-state index in [2.05, 4.69) is 5.32 Å². The van der Waals surface area contributed by atoms with E-state index in [4.69, 9.17) is 23.2 Å². The van der Waals surface area contributed by atoms with E-state index in [0.717, 1.165) is 30.2 Å². The van der Waals surface area contributed by atoms with Gasteiger partial charge in [0.25, 0.3) is 0 Å². The molecule has 3 aromatic carbocycles. The van der Waals surface area contributed by atoms with Crippen molar-refractivity contribution in [3.05, 3.63) is 99.5 Å². The first kappa shape index (κ1) is 33.4. The van der Waals surface area contributed by atoms with E-state index in [1.807, 2.05) is 56.3 Å². The largest absolute Gasteiger partial charge is 0.354 e. The molecule has 3 rings (SSSR count). The SMILES string of the molecule is CCCCNC(=O)[C@@H](Cc1ccccc1)N(Cc1c(Cl)cccc1Cl)C(=O)CCCN(c1ccc(C)cc1)S(C)(=O)=O. The van der Waals surface area contributed by atoms with Crippen LogP contribution in [0.4, 0.5) is 5.69 Å². The number of amides is 2. The molecular formula is C32H39Cl2N3O4S. The molecule has 1 atom stereocenters. The van der Waals surface area contributed by atoms with Crippen LogP contribution in [0.5, 0.6) is 0 Å². The molecule has 7 nitrogen and oxygen atoms in total. The van der Waals surface area contributed by atoms with Crippen LogP contribution in [-0.2, 0) is 32.6 Å². The van der Waals surface area contributed by atoms with E-state index in [9.17, 15) is 18.0 Å². The highest BCUT2D eigenvalue weighted by molar-refractivity contribution is 7.92. The van der Waals surface area contributed by atoms with E-state index in [0.29, 0.717) is 34.3 Å². The van der Waals surface area contributed by atoms with Gasteiger partial charge in [-0.25, -0.2) is 8.42 Å². The normalized spacial score (nSPS) is 12.0. The fourth-order valence-corrected chi connectivity index (χ4v) is 6.11. The molecule has 0 spiro atoms. The van der Waals surface area contributed by atoms with Crippen LogP contribution in [0, 0.1) is 6.92 Å². The number of nitrogens with zero attached hydrogens (tertiary/aromatic N) is 2. The molecule has 0 aromatic heterocycles. The summed E-state index contributed by atoms with van der Waals surface area (Å²) in [5.41, 5.74) is 3.00. The van der Waals surface area contributed by atoms with Crippen molar-refractivity contribution in [2.75, 3.05) is 23.7 Å². The standard InChI is InChI=1S/C32H39Cl2N3O4S/c1-4-5-20-35-32(39)30(22-25-11-7-6-8-12-25)36(23-27-28(33)13-9-14-29(27)34)31(38)15-10-21-37(42(3,40)41)26-18-16-24(2)17-19-26/h6-9,11-14,16-19,30H,4-5,10,15,20-23H2,1-3H3,(H,35,39)/t30-/m1/s1. The van der Waals surface area contributed by atoms with Gasteiger partial charge in [0.05, 0.1) is 11.9 Å². The lowest BCUT2D eigenvalue weighted by Gasteiger charge is -2.32. The number of benzene rings is 3. The van der Waals surface area contributed by atoms with E-state index in [1.165, 1.54) is 9.21 Å². The minimum absolute atomic E-state index is 0.0213. The predicted molar refractivity (Wildman–Crippen MR) is 171 cm³/mol. The third kappa shape index (κ3) is 9.75. The fraction of sp³-hybridized carbons (Fsp3) is 0.375. The maximum absolute atomic E-state index is 13.9. The molecule has 0 aliphatic rings. The first-order valence-corrected chi connectivity index (χ1v) is 16.7. The number of hydrogen-bond donors (Lipinski definition) is 1. The minimum atomic E-state index is -3.58. The molecule has 1 N–H and O–H groups in total. The van der Waals surface area contributed by atoms with E-state index in [1.54, 1.807) is 30.3 Å². The molecule has 0 saturated carbocycles. The highest BCUT2D eigenvalue weighted by atomic mass is 35.5. The van der Waals surface area contributed by atoms with Crippen molar-refractivity contribution in [2.24, 2.45) is 0 Å². The first-order chi connectivity index (χ1) is 20.0. The van der Waals surface area contributed by atoms with Gasteiger partial charge in [-0.1, -0.05) is 90.6 Å². The number of aryl methyl sites for hydroxylation is 1. The average molecular weight is 633 g/mol. The number of carbonyl (C=O) groups excluding carboxylic acids is 2. The summed E-state index contributed by atoms with van der Waals surface area (Å²) in [6.07, 6.45) is 3.45. The molecule has 0 fully saturated rings. The van der Waals surface area contributed by atoms with Crippen LogP contribution in [0.2, 0.25) is 10.0 Å². The predicted octanol–water partition coefficient (Wildman–Crippen LogP) is 6.40. The Balaban J connectivity index is 1.91. The van der Waals surface area contributed by atoms with E-state index >= 15 is 0 Å². The zero-order valence-corrected chi connectivity index (χ0v) is 26.7. The number of halogens is 2. The highest BCUT2D eigenvalue weighted by Crippen LogP contribution is 2.28. The van der Waals surface area contributed by atoms with Gasteiger partial charge in [0.15, 0.2) is 0 Å². The Hall–Kier alpha value is -3.07. The number of sulfonamides is 1. The average Bonchev–Trinajstić information content (AvgIpc) is 2.95. The number of anilines is 1. The molecule has 226 valence electrons. The number of hydrogen-bond acceptors (Lipinski definition) is 4. The molecule has 0 heterocycles. The summed E-state index contributed by atoms with van der Waals surface area (Å²) in [4.78, 5) is 29.1. The van der Waals surface area contributed by atoms with Crippen LogP contribution in [0.3, 0.4) is 0 Å². The summed E-state index contributed by atoms with van der Waals surface area (Å²) >= 11 is 13.0. The fourth-order valence-electron chi connectivity index (χ4n) is 4.63. The van der Waals surface area contributed by atoms with Crippen molar-refractivity contribution in [3.8, 4) is 0 Å². The molecule has 42 heavy (non-hydrogen) atoms. The number of unbranched alkanes of at least 4 members (excludes halogenated alkanes) is 1. The van der Waals surface area contributed by atoms with Crippen LogP contribution >= 0.6 is 23.2 Å². The second-order valence-electron chi connectivity index (χ2n) is 10.3. The Labute approximate surface area is 259 Å². The second kappa shape index (κ2) is 16.0. The summed E-state index contributed by atoms with van der Waals surface area (Å²) in [6, 6.07) is 21.0. The lowest BCUT2D eigenvalue weighted by molar-refractivity contribution is -0.141. The van der Waals surface area contributed by atoms with Gasteiger partial charge in [-0.05, 0) is 49.6 Å². The van der Waals surface area contributed by atoms with Crippen LogP contribution in [0.15, 0.2) is 72.8 Å². The highest BCUT2D eigenvalue weighted by Gasteiger charge is 2.31. The van der Waals surface area contributed by atoms with Gasteiger partial charge >= 0.3 is 0 Å². The van der Waals surface area contributed by atoms with Crippen LogP contribution < -0.4 is 9.62 Å². The van der Waals surface area contributed by atoms with Gasteiger partial charge in [0.2, 0.25) is 21.8 Å². The molecule has 3 aromatic rings. The third-order valence-electron chi connectivity index (χ3n) is 6.96. The van der Waals surface area contributed by atoms with Crippen LogP contribution in [0.25, 0.3) is 0 Å². The number of nitrogens with one attached hydrogen (secondary N) is 1. The van der Waals surface area contributed by atoms with Crippen molar-refractivity contribution < 1.29 is 18.0 Å². The summed E-state index contributed by atoms with van der Waals surface area (Å²) in [5.74, 6) is -0.559. The molecular weight excluding hydrogens is 593 g/mol. The lowest BCUT2D eigenvalue weighted by atomic mass is 10.0. The monoisotopic (exact) mass is 631 g/mol. The summed E-state index contributed by atoms with van der Waals surface area (Å²) < 4.78 is 26.5. The van der Waals surface area contributed by atoms with Crippen LogP contribution in [-0.4, -0.2) is 50.5 Å². The molecule has 0 aliphatic carbocycles. The van der Waals surface area contributed by atoms with Gasteiger partial charge in [-0.15, -0.1) is 0 Å². The van der Waals surface area contributed by atoms with Gasteiger partial charge in [0, 0.05) is 48.1 Å². The third-order valence-corrected chi connectivity index (χ3v) is 8.87. The second-order valence-corrected chi connectivity index (χ2v) is 13.1. The Kier molecular flexibility index (Phi) is 12.7. The van der Waals surface area contributed by atoms with Crippen molar-refractivity contribution in [1.29, 1.82) is 0 Å². The van der Waals surface area contributed by atoms with Gasteiger partial charge in [-0.2, -0.15) is 0 Å². The maximum atomic E-state index is 13.9. The molecule has 2 amide bonds. The smallest absolute Gasteiger partial charge is 0.243 e. The molecule has 0 radical (unpaired) electrons. The molecule has 10 heteroatoms. The Morgan fingerprint density at radius 1 is 0.905 bits per heavy atom. The van der Waals surface area contributed by atoms with Crippen molar-refractivity contribution in [1.82, 2.24) is 10.2 Å². The number of rotatable bonds is 15. The van der Waals surface area contributed by atoms with Crippen molar-refractivity contribution in [3.63, 3.8) is 0 Å². The quantitative estimate of drug-likeness (QED) is 0.197. The first-order valence-electron chi connectivity index (χ1n) is 14.1. The Bertz CT molecular complexity index is 1410. The summed E-state index contributed by atoms with van der Waals surface area (Å²) in [7, 11) is -3.58. The maximum Gasteiger partial charge on any atom is 0.243 e. The lowest BCUT2D eigenvalue weighted by Crippen LogP contribution is -2.50. The van der Waals surface area contributed by atoms with Crippen LogP contribution in [0.1, 0.15) is 49.3 Å². The summed E-state index contributed by atoms with van der Waals surface area (Å²) in [5, 5.41) is 3.78. The molecule has 0 aliphatic heterocycles. The van der Waals surface area contributed by atoms with E-state index < -0.39 is 16.1 Å². The topological polar surface area (TPSA) is 86.8 Å². The van der Waals surface area contributed by atoms with Gasteiger partial charge in [-0.3, -0.25) is 13.9 Å². The van der Waals surface area contributed by atoms with Gasteiger partial charge < -0.3 is 10.2 Å². The zero-order valence-electron chi connectivity index (χ0n) is 24.4. The van der Waals surface area contributed by atoms with Crippen molar-refractivity contribution in [2.45, 2.75) is 58.5 Å². The van der Waals surface area contributed by atoms with Crippen molar-refractivity contribution >= 4 is 50.7 Å². The number of carbonyl (C=O) groups is 2. The molecule has 0 bridgehead atoms. The molecule has 0 unspecified atom stereocenters. The minimum Gasteiger partial charge on any atom is -0.354 e. The Morgan fingerprint density at radius 2 is 1.55 bits per heavy atom. The van der Waals surface area contributed by atoms with Gasteiger partial charge in [0.1, 0.15) is 6.04 Å². The van der Waals surface area contributed by atoms with E-state index in [-0.39, 0.29) is 37.7 Å².